The number of hydrogen-bond donors (Lipinski definition) is 1. The van der Waals surface area contributed by atoms with E-state index in [1.807, 2.05) is 19.2 Å². The summed E-state index contributed by atoms with van der Waals surface area (Å²) in [7, 11) is 0. The normalized spacial score (nSPS) is 32.0. The molecule has 30 heavy (non-hydrogen) atoms. The molecule has 0 radical (unpaired) electrons. The van der Waals surface area contributed by atoms with Crippen molar-refractivity contribution in [2.24, 2.45) is 5.92 Å². The summed E-state index contributed by atoms with van der Waals surface area (Å²) < 4.78 is 21.0. The van der Waals surface area contributed by atoms with Gasteiger partial charge in [0.2, 0.25) is 5.91 Å². The van der Waals surface area contributed by atoms with Gasteiger partial charge in [0.1, 0.15) is 5.82 Å². The van der Waals surface area contributed by atoms with Crippen LogP contribution in [0.3, 0.4) is 0 Å². The Kier molecular flexibility index (Phi) is 4.92. The molecule has 162 valence electrons. The van der Waals surface area contributed by atoms with Crippen LogP contribution in [0.15, 0.2) is 24.4 Å². The second-order valence-electron chi connectivity index (χ2n) is 10.1. The number of piperidine rings is 2. The van der Waals surface area contributed by atoms with E-state index in [1.165, 1.54) is 6.07 Å². The Morgan fingerprint density at radius 3 is 2.70 bits per heavy atom. The van der Waals surface area contributed by atoms with E-state index < -0.39 is 0 Å². The summed E-state index contributed by atoms with van der Waals surface area (Å²) in [5, 5.41) is 0.624. The minimum atomic E-state index is -0.220. The number of ether oxygens (including phenoxy) is 1. The van der Waals surface area contributed by atoms with Gasteiger partial charge in [-0.15, -0.1) is 0 Å². The number of amides is 1. The maximum absolute atomic E-state index is 14.4. The number of rotatable bonds is 6. The number of H-pyrrole nitrogens is 1. The molecule has 4 bridgehead atoms. The van der Waals surface area contributed by atoms with Crippen LogP contribution >= 0.6 is 0 Å². The van der Waals surface area contributed by atoms with Gasteiger partial charge < -0.3 is 14.6 Å². The molecule has 3 heterocycles. The fourth-order valence-corrected chi connectivity index (χ4v) is 6.65. The second-order valence-corrected chi connectivity index (χ2v) is 10.1. The highest BCUT2D eigenvalue weighted by Gasteiger charge is 2.56. The third kappa shape index (κ3) is 3.26. The van der Waals surface area contributed by atoms with E-state index in [0.717, 1.165) is 49.6 Å². The van der Waals surface area contributed by atoms with E-state index in [0.29, 0.717) is 29.8 Å². The average Bonchev–Trinajstić information content (AvgIpc) is 3.12. The van der Waals surface area contributed by atoms with Crippen molar-refractivity contribution in [2.75, 3.05) is 0 Å². The highest BCUT2D eigenvalue weighted by atomic mass is 19.1. The van der Waals surface area contributed by atoms with Crippen molar-refractivity contribution in [3.63, 3.8) is 0 Å². The van der Waals surface area contributed by atoms with Crippen LogP contribution < -0.4 is 0 Å². The van der Waals surface area contributed by atoms with Gasteiger partial charge in [-0.05, 0) is 75.0 Å². The fourth-order valence-electron chi connectivity index (χ4n) is 6.65. The molecule has 2 saturated carbocycles. The molecule has 2 aliphatic heterocycles. The first-order valence-electron chi connectivity index (χ1n) is 11.6. The van der Waals surface area contributed by atoms with Gasteiger partial charge in [0.25, 0.3) is 0 Å². The smallest absolute Gasteiger partial charge is 0.223 e. The molecule has 1 aromatic carbocycles. The summed E-state index contributed by atoms with van der Waals surface area (Å²) in [6.07, 6.45) is 8.96. The fraction of sp³-hybridized carbons (Fsp3) is 0.640. The van der Waals surface area contributed by atoms with Gasteiger partial charge in [0.15, 0.2) is 0 Å². The predicted molar refractivity (Wildman–Crippen MR) is 116 cm³/mol. The zero-order valence-electron chi connectivity index (χ0n) is 18.3. The lowest BCUT2D eigenvalue weighted by Gasteiger charge is -2.61. The number of nitrogens with one attached hydrogen (secondary N) is 1. The van der Waals surface area contributed by atoms with Crippen molar-refractivity contribution in [1.82, 2.24) is 9.88 Å². The molecule has 2 aliphatic carbocycles. The maximum Gasteiger partial charge on any atom is 0.223 e. The molecule has 4 fully saturated rings. The number of aromatic nitrogens is 1. The van der Waals surface area contributed by atoms with Crippen LogP contribution in [-0.4, -0.2) is 39.6 Å². The first kappa shape index (κ1) is 20.0. The summed E-state index contributed by atoms with van der Waals surface area (Å²) in [5.74, 6) is 0.671. The van der Waals surface area contributed by atoms with Crippen LogP contribution in [0, 0.1) is 11.7 Å². The summed E-state index contributed by atoms with van der Waals surface area (Å²) in [4.78, 5) is 18.8. The molecule has 1 N–H and O–H groups in total. The molecule has 2 aromatic rings. The zero-order chi connectivity index (χ0) is 21.0. The van der Waals surface area contributed by atoms with Gasteiger partial charge >= 0.3 is 0 Å². The van der Waals surface area contributed by atoms with Crippen molar-refractivity contribution in [2.45, 2.75) is 95.4 Å². The van der Waals surface area contributed by atoms with Crippen molar-refractivity contribution >= 4 is 16.8 Å². The maximum atomic E-state index is 14.4. The van der Waals surface area contributed by atoms with Gasteiger partial charge in [-0.25, -0.2) is 4.39 Å². The Balaban J connectivity index is 1.33. The Labute approximate surface area is 178 Å². The predicted octanol–water partition coefficient (Wildman–Crippen LogP) is 5.53. The first-order chi connectivity index (χ1) is 14.4. The van der Waals surface area contributed by atoms with Crippen molar-refractivity contribution < 1.29 is 13.9 Å². The van der Waals surface area contributed by atoms with Crippen LogP contribution in [0.25, 0.3) is 10.9 Å². The van der Waals surface area contributed by atoms with Crippen molar-refractivity contribution in [3.05, 3.63) is 35.8 Å². The van der Waals surface area contributed by atoms with E-state index in [1.54, 1.807) is 6.07 Å². The number of hydrogen-bond acceptors (Lipinski definition) is 2. The minimum Gasteiger partial charge on any atom is -0.372 e. The largest absolute Gasteiger partial charge is 0.372 e. The van der Waals surface area contributed by atoms with Crippen LogP contribution in [0.5, 0.6) is 0 Å². The van der Waals surface area contributed by atoms with E-state index in [2.05, 4.69) is 23.7 Å². The minimum absolute atomic E-state index is 0.0196. The highest BCUT2D eigenvalue weighted by Crippen LogP contribution is 2.53. The number of halogens is 1. The summed E-state index contributed by atoms with van der Waals surface area (Å²) in [6, 6.07) is 5.70. The third-order valence-corrected chi connectivity index (χ3v) is 7.88. The Bertz CT molecular complexity index is 938. The van der Waals surface area contributed by atoms with Crippen LogP contribution in [-0.2, 0) is 9.53 Å². The average molecular weight is 413 g/mol. The number of carbonyl (C=O) groups is 1. The third-order valence-electron chi connectivity index (χ3n) is 7.88. The van der Waals surface area contributed by atoms with Gasteiger partial charge in [-0.3, -0.25) is 4.79 Å². The number of benzene rings is 1. The van der Waals surface area contributed by atoms with Crippen LogP contribution in [0.1, 0.15) is 77.2 Å². The topological polar surface area (TPSA) is 45.3 Å². The SMILES string of the molecule is CCC(C)OC12CC3CC(C1)N(C(=O)CC(C)c1c[nH]c4cccc(F)c14)C(C3)C2. The molecule has 4 nitrogen and oxygen atoms in total. The number of nitrogens with zero attached hydrogens (tertiary/aromatic N) is 1. The standard InChI is InChI=1S/C25H33FN2O2/c1-4-16(3)30-25-11-17-9-18(12-25)28(19(10-17)13-25)23(29)8-15(2)20-14-27-22-7-5-6-21(26)24(20)22/h5-7,14-19,27H,4,8-13H2,1-3H3. The van der Waals surface area contributed by atoms with Gasteiger partial charge in [0.05, 0.1) is 11.7 Å². The molecule has 4 unspecified atom stereocenters. The molecule has 1 amide bonds. The Hall–Kier alpha value is -1.88. The van der Waals surface area contributed by atoms with Crippen molar-refractivity contribution in [3.8, 4) is 0 Å². The number of carbonyl (C=O) groups excluding carboxylic acids is 1. The van der Waals surface area contributed by atoms with E-state index in [9.17, 15) is 9.18 Å². The molecular weight excluding hydrogens is 379 g/mol. The lowest BCUT2D eigenvalue weighted by molar-refractivity contribution is -0.205. The van der Waals surface area contributed by atoms with Crippen LogP contribution in [0.2, 0.25) is 0 Å². The van der Waals surface area contributed by atoms with Gasteiger partial charge in [-0.1, -0.05) is 19.9 Å². The monoisotopic (exact) mass is 412 g/mol. The molecule has 0 spiro atoms. The number of fused-ring (bicyclic) bond motifs is 1. The summed E-state index contributed by atoms with van der Waals surface area (Å²) in [6.45, 7) is 6.39. The van der Waals surface area contributed by atoms with Crippen LogP contribution in [0.4, 0.5) is 4.39 Å². The van der Waals surface area contributed by atoms with Gasteiger partial charge in [0, 0.05) is 35.6 Å². The Morgan fingerprint density at radius 2 is 2.00 bits per heavy atom. The quantitative estimate of drug-likeness (QED) is 0.678. The molecular formula is C25H33FN2O2. The lowest BCUT2D eigenvalue weighted by atomic mass is 9.60. The molecule has 4 atom stereocenters. The molecule has 6 rings (SSSR count). The van der Waals surface area contributed by atoms with E-state index >= 15 is 0 Å². The van der Waals surface area contributed by atoms with E-state index in [-0.39, 0.29) is 29.3 Å². The summed E-state index contributed by atoms with van der Waals surface area (Å²) in [5.41, 5.74) is 1.68. The Morgan fingerprint density at radius 1 is 1.27 bits per heavy atom. The summed E-state index contributed by atoms with van der Waals surface area (Å²) >= 11 is 0. The molecule has 1 aromatic heterocycles. The molecule has 2 saturated heterocycles. The molecule has 4 aliphatic rings. The van der Waals surface area contributed by atoms with Crippen molar-refractivity contribution in [1.29, 1.82) is 0 Å². The highest BCUT2D eigenvalue weighted by molar-refractivity contribution is 5.86. The lowest BCUT2D eigenvalue weighted by Crippen LogP contribution is -2.66. The molecule has 5 heteroatoms. The first-order valence-corrected chi connectivity index (χ1v) is 11.6. The van der Waals surface area contributed by atoms with Gasteiger partial charge in [-0.2, -0.15) is 0 Å². The van der Waals surface area contributed by atoms with E-state index in [4.69, 9.17) is 4.74 Å². The zero-order valence-corrected chi connectivity index (χ0v) is 18.3. The second kappa shape index (κ2) is 7.37. The number of aromatic amines is 1.